The predicted molar refractivity (Wildman–Crippen MR) is 58.1 cm³/mol. The summed E-state index contributed by atoms with van der Waals surface area (Å²) in [5.41, 5.74) is 0. The van der Waals surface area contributed by atoms with Crippen LogP contribution < -0.4 is 0 Å². The zero-order valence-electron chi connectivity index (χ0n) is 7.20. The highest BCUT2D eigenvalue weighted by Gasteiger charge is 2.35. The van der Waals surface area contributed by atoms with Gasteiger partial charge in [-0.3, -0.25) is 4.90 Å². The van der Waals surface area contributed by atoms with Crippen LogP contribution in [0.25, 0.3) is 0 Å². The topological polar surface area (TPSA) is 12.5 Å². The predicted octanol–water partition coefficient (Wildman–Crippen LogP) is 1.88. The standard InChI is InChI=1S/C7H11ClF2INO/c1-11-6(7(8,9)10)12-2-4-13-5-3-12/h2-5H2,1H3. The van der Waals surface area contributed by atoms with Crippen LogP contribution in [0.3, 0.4) is 0 Å². The summed E-state index contributed by atoms with van der Waals surface area (Å²) in [6, 6.07) is 0. The van der Waals surface area contributed by atoms with Crippen molar-refractivity contribution in [2.75, 3.05) is 31.2 Å². The molecule has 0 bridgehead atoms. The van der Waals surface area contributed by atoms with E-state index in [-0.39, 0.29) is 3.63 Å². The Kier molecular flexibility index (Phi) is 4.47. The van der Waals surface area contributed by atoms with Crippen LogP contribution in [0, 0.1) is 0 Å². The molecule has 0 aromatic carbocycles. The number of ether oxygens (including phenoxy) is 1. The SMILES string of the molecule is CI=C(N1CCOCC1)C(F)(F)Cl. The van der Waals surface area contributed by atoms with Crippen LogP contribution in [0.2, 0.25) is 0 Å². The molecule has 0 unspecified atom stereocenters. The summed E-state index contributed by atoms with van der Waals surface area (Å²) in [6.07, 6.45) is 0. The van der Waals surface area contributed by atoms with E-state index < -0.39 is 26.1 Å². The fourth-order valence-electron chi connectivity index (χ4n) is 1.17. The number of hydrogen-bond acceptors (Lipinski definition) is 2. The highest BCUT2D eigenvalue weighted by molar-refractivity contribution is 14.2. The van der Waals surface area contributed by atoms with Gasteiger partial charge in [0.2, 0.25) is 0 Å². The van der Waals surface area contributed by atoms with Crippen LogP contribution >= 0.6 is 32.3 Å². The summed E-state index contributed by atoms with van der Waals surface area (Å²) in [5, 5.41) is -3.17. The zero-order chi connectivity index (χ0) is 9.90. The van der Waals surface area contributed by atoms with E-state index in [9.17, 15) is 8.78 Å². The number of rotatable bonds is 2. The van der Waals surface area contributed by atoms with Crippen LogP contribution in [-0.4, -0.2) is 45.1 Å². The molecule has 1 fully saturated rings. The average Bonchev–Trinajstić information content (AvgIpc) is 2.05. The Balaban J connectivity index is 2.66. The van der Waals surface area contributed by atoms with Gasteiger partial charge in [-0.15, -0.1) is 20.7 Å². The molecule has 0 atom stereocenters. The van der Waals surface area contributed by atoms with E-state index in [1.165, 1.54) is 0 Å². The normalized spacial score (nSPS) is 22.6. The molecule has 13 heavy (non-hydrogen) atoms. The minimum Gasteiger partial charge on any atom is -0.379 e. The van der Waals surface area contributed by atoms with Crippen molar-refractivity contribution >= 4 is 36.0 Å². The molecule has 1 rings (SSSR count). The van der Waals surface area contributed by atoms with Crippen LogP contribution in [0.5, 0.6) is 0 Å². The number of morpholine rings is 1. The molecule has 0 aromatic heterocycles. The van der Waals surface area contributed by atoms with E-state index in [4.69, 9.17) is 16.3 Å². The molecule has 0 radical (unpaired) electrons. The Morgan fingerprint density at radius 3 is 2.38 bits per heavy atom. The number of halogens is 4. The maximum atomic E-state index is 12.8. The lowest BCUT2D eigenvalue weighted by atomic mass is 10.4. The molecular weight excluding hydrogens is 314 g/mol. The van der Waals surface area contributed by atoms with E-state index in [2.05, 4.69) is 0 Å². The average molecular weight is 326 g/mol. The Labute approximate surface area is 90.9 Å². The van der Waals surface area contributed by atoms with Crippen molar-refractivity contribution in [3.63, 3.8) is 0 Å². The lowest BCUT2D eigenvalue weighted by Crippen LogP contribution is -2.45. The zero-order valence-corrected chi connectivity index (χ0v) is 10.1. The largest absolute Gasteiger partial charge is 0.379 e. The molecule has 6 heteroatoms. The number of nitrogens with zero attached hydrogens (tertiary/aromatic N) is 1. The fraction of sp³-hybridized carbons (Fsp3) is 0.857. The lowest BCUT2D eigenvalue weighted by molar-refractivity contribution is 0.0588. The van der Waals surface area contributed by atoms with Gasteiger partial charge in [-0.1, -0.05) is 0 Å². The Morgan fingerprint density at radius 2 is 2.00 bits per heavy atom. The van der Waals surface area contributed by atoms with Crippen molar-refractivity contribution in [3.05, 3.63) is 0 Å². The minimum absolute atomic E-state index is 0.108. The van der Waals surface area contributed by atoms with E-state index in [0.29, 0.717) is 26.3 Å². The molecule has 1 saturated heterocycles. The van der Waals surface area contributed by atoms with Gasteiger partial charge in [0.05, 0.1) is 13.2 Å². The summed E-state index contributed by atoms with van der Waals surface area (Å²) >= 11 is 4.34. The van der Waals surface area contributed by atoms with Gasteiger partial charge >= 0.3 is 5.38 Å². The molecule has 1 aliphatic rings. The third kappa shape index (κ3) is 3.38. The first-order valence-electron chi connectivity index (χ1n) is 3.82. The van der Waals surface area contributed by atoms with Crippen LogP contribution in [0.1, 0.15) is 0 Å². The van der Waals surface area contributed by atoms with Crippen molar-refractivity contribution in [3.8, 4) is 0 Å². The summed E-state index contributed by atoms with van der Waals surface area (Å²) in [5.74, 6) is 0. The summed E-state index contributed by atoms with van der Waals surface area (Å²) < 4.78 is 30.9. The smallest absolute Gasteiger partial charge is 0.362 e. The lowest BCUT2D eigenvalue weighted by Gasteiger charge is -2.29. The molecule has 0 spiro atoms. The monoisotopic (exact) mass is 325 g/mol. The Morgan fingerprint density at radius 1 is 1.46 bits per heavy atom. The highest BCUT2D eigenvalue weighted by Crippen LogP contribution is 2.27. The second-order valence-corrected chi connectivity index (χ2v) is 5.15. The Hall–Kier alpha value is 0.670. The molecular formula is C7H11ClF2INO. The van der Waals surface area contributed by atoms with Crippen LogP contribution in [0.15, 0.2) is 0 Å². The molecule has 0 aliphatic carbocycles. The Bertz CT molecular complexity index is 201. The van der Waals surface area contributed by atoms with Crippen molar-refractivity contribution in [1.29, 1.82) is 0 Å². The van der Waals surface area contributed by atoms with E-state index in [1.807, 2.05) is 0 Å². The first kappa shape index (κ1) is 11.7. The maximum absolute atomic E-state index is 12.8. The van der Waals surface area contributed by atoms with Crippen molar-refractivity contribution in [2.24, 2.45) is 0 Å². The summed E-state index contributed by atoms with van der Waals surface area (Å²) in [4.78, 5) is 3.45. The minimum atomic E-state index is -3.17. The van der Waals surface area contributed by atoms with E-state index in [0.717, 1.165) is 0 Å². The highest BCUT2D eigenvalue weighted by atomic mass is 127. The second-order valence-electron chi connectivity index (χ2n) is 2.58. The number of hydrogen-bond donors (Lipinski definition) is 0. The van der Waals surface area contributed by atoms with Gasteiger partial charge < -0.3 is 4.74 Å². The van der Waals surface area contributed by atoms with Crippen LogP contribution in [0.4, 0.5) is 8.78 Å². The molecule has 0 saturated carbocycles. The van der Waals surface area contributed by atoms with Gasteiger partial charge in [0.15, 0.2) is 0 Å². The third-order valence-electron chi connectivity index (χ3n) is 1.70. The molecule has 1 heterocycles. The molecule has 0 N–H and O–H groups in total. The van der Waals surface area contributed by atoms with Crippen molar-refractivity contribution in [2.45, 2.75) is 5.38 Å². The number of alkyl halides is 4. The van der Waals surface area contributed by atoms with Crippen LogP contribution in [-0.2, 0) is 4.74 Å². The first-order valence-corrected chi connectivity index (χ1v) is 7.43. The maximum Gasteiger partial charge on any atom is 0.362 e. The van der Waals surface area contributed by atoms with Gasteiger partial charge in [0.25, 0.3) is 0 Å². The molecule has 78 valence electrons. The molecule has 0 amide bonds. The van der Waals surface area contributed by atoms with Gasteiger partial charge in [0, 0.05) is 13.1 Å². The van der Waals surface area contributed by atoms with E-state index >= 15 is 0 Å². The summed E-state index contributed by atoms with van der Waals surface area (Å²) in [7, 11) is 0. The van der Waals surface area contributed by atoms with Gasteiger partial charge in [-0.25, -0.2) is 0 Å². The van der Waals surface area contributed by atoms with Crippen molar-refractivity contribution in [1.82, 2.24) is 4.90 Å². The van der Waals surface area contributed by atoms with Crippen molar-refractivity contribution < 1.29 is 13.5 Å². The quantitative estimate of drug-likeness (QED) is 0.568. The second kappa shape index (κ2) is 4.95. The first-order chi connectivity index (χ1) is 6.05. The van der Waals surface area contributed by atoms with Gasteiger partial charge in [-0.2, -0.15) is 8.78 Å². The molecule has 2 nitrogen and oxygen atoms in total. The molecule has 1 aliphatic heterocycles. The van der Waals surface area contributed by atoms with Gasteiger partial charge in [-0.05, 0) is 16.5 Å². The third-order valence-corrected chi connectivity index (χ3v) is 4.58. The van der Waals surface area contributed by atoms with E-state index in [1.54, 1.807) is 9.83 Å². The molecule has 0 aromatic rings. The fourth-order valence-corrected chi connectivity index (χ4v) is 3.54. The van der Waals surface area contributed by atoms with Gasteiger partial charge in [0.1, 0.15) is 3.63 Å². The summed E-state index contributed by atoms with van der Waals surface area (Å²) in [6.45, 7) is 2.09.